The van der Waals surface area contributed by atoms with E-state index in [0.717, 1.165) is 12.8 Å². The second-order valence-corrected chi connectivity index (χ2v) is 2.49. The van der Waals surface area contributed by atoms with Crippen LogP contribution in [0.1, 0.15) is 39.0 Å². The first kappa shape index (κ1) is 9.41. The molecule has 0 rings (SSSR count). The Morgan fingerprint density at radius 2 is 2.20 bits per heavy atom. The lowest BCUT2D eigenvalue weighted by Crippen LogP contribution is -1.94. The number of carbonyl (C=O) groups excluding carboxylic acids is 1. The van der Waals surface area contributed by atoms with Gasteiger partial charge in [-0.1, -0.05) is 25.8 Å². The molecule has 0 saturated heterocycles. The van der Waals surface area contributed by atoms with Gasteiger partial charge in [0.25, 0.3) is 0 Å². The van der Waals surface area contributed by atoms with E-state index in [-0.39, 0.29) is 0 Å². The Morgan fingerprint density at radius 3 is 2.70 bits per heavy atom. The molecule has 0 aliphatic heterocycles. The molecular weight excluding hydrogens is 124 g/mol. The first-order valence-electron chi connectivity index (χ1n) is 3.93. The van der Waals surface area contributed by atoms with E-state index in [9.17, 15) is 4.79 Å². The van der Waals surface area contributed by atoms with Gasteiger partial charge in [-0.15, -0.1) is 6.58 Å². The topological polar surface area (TPSA) is 17.1 Å². The first-order valence-corrected chi connectivity index (χ1v) is 3.93. The fourth-order valence-electron chi connectivity index (χ4n) is 0.835. The number of Topliss-reactive ketones (excluding diaryl/α,β-unsaturated/α-hetero) is 1. The van der Waals surface area contributed by atoms with Crippen LogP contribution < -0.4 is 0 Å². The Labute approximate surface area is 63.1 Å². The average molecular weight is 140 g/mol. The van der Waals surface area contributed by atoms with E-state index >= 15 is 0 Å². The van der Waals surface area contributed by atoms with E-state index in [4.69, 9.17) is 0 Å². The van der Waals surface area contributed by atoms with Gasteiger partial charge in [-0.2, -0.15) is 0 Å². The summed E-state index contributed by atoms with van der Waals surface area (Å²) in [4.78, 5) is 10.8. The summed E-state index contributed by atoms with van der Waals surface area (Å²) in [6, 6.07) is 0. The fraction of sp³-hybridized carbons (Fsp3) is 0.667. The van der Waals surface area contributed by atoms with Gasteiger partial charge in [-0.3, -0.25) is 4.79 Å². The summed E-state index contributed by atoms with van der Waals surface area (Å²) < 4.78 is 0. The molecule has 0 atom stereocenters. The molecule has 0 fully saturated rings. The molecule has 0 aromatic rings. The van der Waals surface area contributed by atoms with Crippen molar-refractivity contribution in [2.24, 2.45) is 0 Å². The molecule has 0 heterocycles. The standard InChI is InChI=1S/C9H16O/c1-3-5-6-8-9(10)7-4-2/h4H,2-3,5-8H2,1H3. The van der Waals surface area contributed by atoms with Crippen LogP contribution in [0.15, 0.2) is 12.7 Å². The summed E-state index contributed by atoms with van der Waals surface area (Å²) >= 11 is 0. The zero-order valence-corrected chi connectivity index (χ0v) is 6.73. The van der Waals surface area contributed by atoms with Gasteiger partial charge in [-0.25, -0.2) is 0 Å². The van der Waals surface area contributed by atoms with Gasteiger partial charge >= 0.3 is 0 Å². The minimum absolute atomic E-state index is 0.323. The SMILES string of the molecule is C=CCC(=O)CCCCC. The molecular formula is C9H16O. The monoisotopic (exact) mass is 140 g/mol. The van der Waals surface area contributed by atoms with Gasteiger partial charge in [0.2, 0.25) is 0 Å². The number of rotatable bonds is 6. The van der Waals surface area contributed by atoms with Crippen molar-refractivity contribution < 1.29 is 4.79 Å². The quantitative estimate of drug-likeness (QED) is 0.409. The summed E-state index contributed by atoms with van der Waals surface area (Å²) in [5.41, 5.74) is 0. The molecule has 0 aromatic heterocycles. The summed E-state index contributed by atoms with van der Waals surface area (Å²) in [7, 11) is 0. The van der Waals surface area contributed by atoms with Gasteiger partial charge < -0.3 is 0 Å². The predicted octanol–water partition coefficient (Wildman–Crippen LogP) is 2.71. The normalized spacial score (nSPS) is 9.30. The van der Waals surface area contributed by atoms with E-state index in [1.54, 1.807) is 6.08 Å². The van der Waals surface area contributed by atoms with Gasteiger partial charge in [0.15, 0.2) is 0 Å². The number of hydrogen-bond acceptors (Lipinski definition) is 1. The zero-order chi connectivity index (χ0) is 7.82. The molecule has 0 aliphatic rings. The van der Waals surface area contributed by atoms with Crippen LogP contribution >= 0.6 is 0 Å². The third kappa shape index (κ3) is 5.54. The third-order valence-electron chi connectivity index (χ3n) is 1.43. The van der Waals surface area contributed by atoms with Crippen LogP contribution in [0.4, 0.5) is 0 Å². The van der Waals surface area contributed by atoms with Gasteiger partial charge in [0, 0.05) is 12.8 Å². The Balaban J connectivity index is 3.13. The first-order chi connectivity index (χ1) is 4.81. The molecule has 10 heavy (non-hydrogen) atoms. The highest BCUT2D eigenvalue weighted by molar-refractivity contribution is 5.79. The number of unbranched alkanes of at least 4 members (excludes halogenated alkanes) is 2. The summed E-state index contributed by atoms with van der Waals surface area (Å²) in [5.74, 6) is 0.323. The van der Waals surface area contributed by atoms with Crippen molar-refractivity contribution in [2.75, 3.05) is 0 Å². The van der Waals surface area contributed by atoms with Crippen molar-refractivity contribution in [2.45, 2.75) is 39.0 Å². The smallest absolute Gasteiger partial charge is 0.136 e. The largest absolute Gasteiger partial charge is 0.299 e. The molecule has 0 aliphatic carbocycles. The number of ketones is 1. The maximum Gasteiger partial charge on any atom is 0.136 e. The number of allylic oxidation sites excluding steroid dienone is 1. The van der Waals surface area contributed by atoms with Gasteiger partial charge in [0.05, 0.1) is 0 Å². The van der Waals surface area contributed by atoms with E-state index in [1.807, 2.05) is 0 Å². The highest BCUT2D eigenvalue weighted by atomic mass is 16.1. The highest BCUT2D eigenvalue weighted by Crippen LogP contribution is 2.01. The molecule has 0 amide bonds. The Bertz CT molecular complexity index is 105. The van der Waals surface area contributed by atoms with Crippen LogP contribution in [0.3, 0.4) is 0 Å². The molecule has 1 heteroatoms. The lowest BCUT2D eigenvalue weighted by atomic mass is 10.1. The molecule has 58 valence electrons. The zero-order valence-electron chi connectivity index (χ0n) is 6.73. The van der Waals surface area contributed by atoms with Crippen molar-refractivity contribution in [1.82, 2.24) is 0 Å². The van der Waals surface area contributed by atoms with Crippen molar-refractivity contribution in [1.29, 1.82) is 0 Å². The van der Waals surface area contributed by atoms with E-state index in [2.05, 4.69) is 13.5 Å². The molecule has 0 aromatic carbocycles. The lowest BCUT2D eigenvalue weighted by Gasteiger charge is -1.94. The van der Waals surface area contributed by atoms with Crippen molar-refractivity contribution in [3.05, 3.63) is 12.7 Å². The molecule has 0 unspecified atom stereocenters. The Hall–Kier alpha value is -0.590. The van der Waals surface area contributed by atoms with E-state index in [0.29, 0.717) is 12.2 Å². The Morgan fingerprint density at radius 1 is 1.50 bits per heavy atom. The molecule has 0 saturated carbocycles. The number of hydrogen-bond donors (Lipinski definition) is 0. The summed E-state index contributed by atoms with van der Waals surface area (Å²) in [6.45, 7) is 5.64. The van der Waals surface area contributed by atoms with Crippen LogP contribution in [0.5, 0.6) is 0 Å². The van der Waals surface area contributed by atoms with Gasteiger partial charge in [-0.05, 0) is 6.42 Å². The fourth-order valence-corrected chi connectivity index (χ4v) is 0.835. The maximum absolute atomic E-state index is 10.8. The van der Waals surface area contributed by atoms with Crippen LogP contribution in [-0.2, 0) is 4.79 Å². The second-order valence-electron chi connectivity index (χ2n) is 2.49. The average Bonchev–Trinajstić information content (AvgIpc) is 1.89. The van der Waals surface area contributed by atoms with E-state index < -0.39 is 0 Å². The summed E-state index contributed by atoms with van der Waals surface area (Å²) in [5, 5.41) is 0. The maximum atomic E-state index is 10.8. The van der Waals surface area contributed by atoms with Gasteiger partial charge in [0.1, 0.15) is 5.78 Å². The van der Waals surface area contributed by atoms with Crippen molar-refractivity contribution in [3.8, 4) is 0 Å². The second kappa shape index (κ2) is 6.53. The molecule has 0 bridgehead atoms. The lowest BCUT2D eigenvalue weighted by molar-refractivity contribution is -0.118. The molecule has 1 nitrogen and oxygen atoms in total. The van der Waals surface area contributed by atoms with E-state index in [1.165, 1.54) is 12.8 Å². The van der Waals surface area contributed by atoms with Crippen LogP contribution in [0.25, 0.3) is 0 Å². The molecule has 0 N–H and O–H groups in total. The highest BCUT2D eigenvalue weighted by Gasteiger charge is 1.96. The Kier molecular flexibility index (Phi) is 6.14. The van der Waals surface area contributed by atoms with Crippen molar-refractivity contribution in [3.63, 3.8) is 0 Å². The summed E-state index contributed by atoms with van der Waals surface area (Å²) in [6.07, 6.45) is 6.35. The molecule has 0 spiro atoms. The van der Waals surface area contributed by atoms with Crippen LogP contribution in [0, 0.1) is 0 Å². The van der Waals surface area contributed by atoms with Crippen LogP contribution in [-0.4, -0.2) is 5.78 Å². The molecule has 0 radical (unpaired) electrons. The predicted molar refractivity (Wildman–Crippen MR) is 44.0 cm³/mol. The third-order valence-corrected chi connectivity index (χ3v) is 1.43. The van der Waals surface area contributed by atoms with Crippen molar-refractivity contribution >= 4 is 5.78 Å². The number of carbonyl (C=O) groups is 1. The minimum Gasteiger partial charge on any atom is -0.299 e. The minimum atomic E-state index is 0.323. The van der Waals surface area contributed by atoms with Crippen LogP contribution in [0.2, 0.25) is 0 Å².